The van der Waals surface area contributed by atoms with Crippen molar-refractivity contribution in [1.82, 2.24) is 24.5 Å². The van der Waals surface area contributed by atoms with Crippen LogP contribution in [0.5, 0.6) is 0 Å². The summed E-state index contributed by atoms with van der Waals surface area (Å²) < 4.78 is 33.3. The molecule has 0 bridgehead atoms. The van der Waals surface area contributed by atoms with Crippen LogP contribution in [0.15, 0.2) is 42.9 Å². The summed E-state index contributed by atoms with van der Waals surface area (Å²) in [4.78, 5) is 17.1. The highest BCUT2D eigenvalue weighted by Crippen LogP contribution is 2.41. The largest absolute Gasteiger partial charge is 0.338 e. The number of hydrogen-bond donors (Lipinski definition) is 0. The Morgan fingerprint density at radius 2 is 1.97 bits per heavy atom. The Morgan fingerprint density at radius 1 is 1.19 bits per heavy atom. The fourth-order valence-corrected chi connectivity index (χ4v) is 5.33. The summed E-state index contributed by atoms with van der Waals surface area (Å²) in [6, 6.07) is 7.90. The van der Waals surface area contributed by atoms with Crippen LogP contribution in [0.25, 0.3) is 22.3 Å². The summed E-state index contributed by atoms with van der Waals surface area (Å²) in [5, 5.41) is 10.0. The predicted octanol–water partition coefficient (Wildman–Crippen LogP) is 6.61. The van der Waals surface area contributed by atoms with Crippen LogP contribution in [0.3, 0.4) is 0 Å². The second kappa shape index (κ2) is 9.55. The lowest BCUT2D eigenvalue weighted by Crippen LogP contribution is -2.27. The highest BCUT2D eigenvalue weighted by Gasteiger charge is 2.38. The third kappa shape index (κ3) is 4.44. The summed E-state index contributed by atoms with van der Waals surface area (Å²) in [5.41, 5.74) is -0.369. The Labute approximate surface area is 213 Å². The van der Waals surface area contributed by atoms with Crippen LogP contribution in [-0.2, 0) is 12.2 Å². The molecule has 0 aliphatic heterocycles. The lowest BCUT2D eigenvalue weighted by molar-refractivity contribution is 0.209. The van der Waals surface area contributed by atoms with Crippen molar-refractivity contribution in [2.75, 3.05) is 0 Å². The van der Waals surface area contributed by atoms with Crippen molar-refractivity contribution < 1.29 is 8.78 Å². The standard InChI is InChI=1S/C27H25ClF2N6/c1-16-5-7-17(8-6-16)15-36-22(27(2,30)26-20(29)4-3-9-33-26)11-21-25(36)24(35-23(12-31)34-21)18-10-19(28)14-32-13-18/h3-4,9-11,13-14,16-17H,5-8,15H2,1-2H3/t16?,17?,27-/m1/s1. The Balaban J connectivity index is 1.78. The van der Waals surface area contributed by atoms with E-state index in [1.807, 2.05) is 10.6 Å². The molecule has 184 valence electrons. The summed E-state index contributed by atoms with van der Waals surface area (Å²) in [7, 11) is 0. The van der Waals surface area contributed by atoms with Crippen molar-refractivity contribution in [3.05, 3.63) is 70.9 Å². The molecule has 0 radical (unpaired) electrons. The molecule has 1 aliphatic rings. The maximum Gasteiger partial charge on any atom is 0.233 e. The minimum atomic E-state index is -2.26. The van der Waals surface area contributed by atoms with E-state index in [9.17, 15) is 9.65 Å². The van der Waals surface area contributed by atoms with Gasteiger partial charge < -0.3 is 4.57 Å². The van der Waals surface area contributed by atoms with Gasteiger partial charge in [0.05, 0.1) is 21.7 Å². The van der Waals surface area contributed by atoms with Gasteiger partial charge in [-0.05, 0) is 55.9 Å². The van der Waals surface area contributed by atoms with Gasteiger partial charge in [-0.1, -0.05) is 31.4 Å². The van der Waals surface area contributed by atoms with Crippen molar-refractivity contribution in [1.29, 1.82) is 5.26 Å². The quantitative estimate of drug-likeness (QED) is 0.304. The lowest BCUT2D eigenvalue weighted by Gasteiger charge is -2.29. The van der Waals surface area contributed by atoms with E-state index < -0.39 is 11.5 Å². The first kappa shape index (κ1) is 24.3. The smallest absolute Gasteiger partial charge is 0.233 e. The van der Waals surface area contributed by atoms with Crippen LogP contribution in [0.2, 0.25) is 5.02 Å². The summed E-state index contributed by atoms with van der Waals surface area (Å²) >= 11 is 6.22. The molecule has 36 heavy (non-hydrogen) atoms. The molecule has 6 nitrogen and oxygen atoms in total. The van der Waals surface area contributed by atoms with Crippen LogP contribution < -0.4 is 0 Å². The van der Waals surface area contributed by atoms with Gasteiger partial charge in [-0.15, -0.1) is 0 Å². The first-order valence-electron chi connectivity index (χ1n) is 12.0. The van der Waals surface area contributed by atoms with Crippen molar-refractivity contribution in [2.45, 2.75) is 51.7 Å². The monoisotopic (exact) mass is 506 g/mol. The normalized spacial score (nSPS) is 19.7. The second-order valence-corrected chi connectivity index (χ2v) is 10.2. The molecule has 0 N–H and O–H groups in total. The number of alkyl halides is 1. The molecule has 0 saturated heterocycles. The first-order chi connectivity index (χ1) is 17.3. The van der Waals surface area contributed by atoms with Gasteiger partial charge in [0.15, 0.2) is 5.67 Å². The Morgan fingerprint density at radius 3 is 2.67 bits per heavy atom. The van der Waals surface area contributed by atoms with Gasteiger partial charge in [0.25, 0.3) is 0 Å². The zero-order valence-electron chi connectivity index (χ0n) is 20.0. The summed E-state index contributed by atoms with van der Waals surface area (Å²) in [6.07, 6.45) is 8.69. The molecule has 0 amide bonds. The van der Waals surface area contributed by atoms with Crippen LogP contribution in [0.1, 0.15) is 56.7 Å². The van der Waals surface area contributed by atoms with Gasteiger partial charge in [-0.25, -0.2) is 18.7 Å². The minimum Gasteiger partial charge on any atom is -0.338 e. The summed E-state index contributed by atoms with van der Waals surface area (Å²) in [6.45, 7) is 4.07. The lowest BCUT2D eigenvalue weighted by atomic mass is 9.83. The number of halogens is 3. The Bertz CT molecular complexity index is 1470. The first-order valence-corrected chi connectivity index (χ1v) is 12.4. The van der Waals surface area contributed by atoms with E-state index in [-0.39, 0.29) is 17.2 Å². The van der Waals surface area contributed by atoms with E-state index in [4.69, 9.17) is 11.6 Å². The molecule has 9 heteroatoms. The van der Waals surface area contributed by atoms with Crippen molar-refractivity contribution >= 4 is 22.6 Å². The van der Waals surface area contributed by atoms with Gasteiger partial charge in [-0.2, -0.15) is 5.26 Å². The fraction of sp³-hybridized carbons (Fsp3) is 0.370. The highest BCUT2D eigenvalue weighted by atomic mass is 35.5. The molecule has 1 saturated carbocycles. The van der Waals surface area contributed by atoms with Gasteiger partial charge in [0.1, 0.15) is 23.3 Å². The number of hydrogen-bond acceptors (Lipinski definition) is 5. The molecule has 1 atom stereocenters. The number of rotatable bonds is 5. The average Bonchev–Trinajstić information content (AvgIpc) is 3.24. The number of pyridine rings is 2. The third-order valence-corrected chi connectivity index (χ3v) is 7.29. The number of aromatic nitrogens is 5. The zero-order valence-corrected chi connectivity index (χ0v) is 20.8. The minimum absolute atomic E-state index is 0.0581. The number of nitrogens with zero attached hydrogens (tertiary/aromatic N) is 6. The van der Waals surface area contributed by atoms with Gasteiger partial charge in [0.2, 0.25) is 5.82 Å². The predicted molar refractivity (Wildman–Crippen MR) is 133 cm³/mol. The van der Waals surface area contributed by atoms with Crippen LogP contribution >= 0.6 is 11.6 Å². The number of nitriles is 1. The number of fused-ring (bicyclic) bond motifs is 1. The summed E-state index contributed by atoms with van der Waals surface area (Å²) in [5.74, 6) is 0.179. The van der Waals surface area contributed by atoms with Crippen molar-refractivity contribution in [3.8, 4) is 17.3 Å². The van der Waals surface area contributed by atoms with Gasteiger partial charge in [-0.3, -0.25) is 9.97 Å². The van der Waals surface area contributed by atoms with E-state index in [0.29, 0.717) is 45.7 Å². The highest BCUT2D eigenvalue weighted by molar-refractivity contribution is 6.30. The van der Waals surface area contributed by atoms with Crippen LogP contribution in [0, 0.1) is 29.0 Å². The average molecular weight is 507 g/mol. The molecule has 5 rings (SSSR count). The van der Waals surface area contributed by atoms with E-state index in [0.717, 1.165) is 25.7 Å². The van der Waals surface area contributed by atoms with E-state index >= 15 is 4.39 Å². The van der Waals surface area contributed by atoms with Crippen LogP contribution in [0.4, 0.5) is 8.78 Å². The maximum absolute atomic E-state index is 16.6. The van der Waals surface area contributed by atoms with E-state index in [2.05, 4.69) is 26.9 Å². The Kier molecular flexibility index (Phi) is 6.44. The molecular weight excluding hydrogens is 482 g/mol. The molecule has 1 fully saturated rings. The molecule has 0 unspecified atom stereocenters. The van der Waals surface area contributed by atoms with Gasteiger partial charge in [0, 0.05) is 30.7 Å². The second-order valence-electron chi connectivity index (χ2n) is 9.74. The van der Waals surface area contributed by atoms with E-state index in [1.165, 1.54) is 31.5 Å². The van der Waals surface area contributed by atoms with Crippen molar-refractivity contribution in [2.24, 2.45) is 11.8 Å². The molecule has 1 aliphatic carbocycles. The topological polar surface area (TPSA) is 80.3 Å². The molecule has 0 aromatic carbocycles. The molecule has 0 spiro atoms. The molecule has 4 heterocycles. The van der Waals surface area contributed by atoms with Crippen molar-refractivity contribution in [3.63, 3.8) is 0 Å². The van der Waals surface area contributed by atoms with Gasteiger partial charge >= 0.3 is 0 Å². The fourth-order valence-electron chi connectivity index (χ4n) is 5.16. The molecule has 4 aromatic rings. The SMILES string of the molecule is CC1CCC(Cn2c([C@@](C)(F)c3ncccc3F)cc3nc(C#N)nc(-c4cncc(Cl)c4)c32)CC1. The third-order valence-electron chi connectivity index (χ3n) is 7.08. The van der Waals surface area contributed by atoms with Crippen LogP contribution in [-0.4, -0.2) is 24.5 Å². The zero-order chi connectivity index (χ0) is 25.4. The Hall–Kier alpha value is -3.44. The maximum atomic E-state index is 16.6. The molecular formula is C27H25ClF2N6. The van der Waals surface area contributed by atoms with E-state index in [1.54, 1.807) is 18.3 Å². The molecule has 4 aromatic heterocycles.